The summed E-state index contributed by atoms with van der Waals surface area (Å²) in [6, 6.07) is 12.2. The fourth-order valence-electron chi connectivity index (χ4n) is 3.37. The van der Waals surface area contributed by atoms with Crippen LogP contribution >= 0.6 is 11.6 Å². The highest BCUT2D eigenvalue weighted by Gasteiger charge is 2.23. The van der Waals surface area contributed by atoms with Gasteiger partial charge in [0.2, 0.25) is 15.9 Å². The van der Waals surface area contributed by atoms with E-state index in [9.17, 15) is 17.6 Å². The summed E-state index contributed by atoms with van der Waals surface area (Å²) in [5, 5.41) is 2.97. The average Bonchev–Trinajstić information content (AvgIpc) is 2.76. The number of sulfonamides is 1. The zero-order valence-electron chi connectivity index (χ0n) is 16.9. The molecular weight excluding hydrogens is 445 g/mol. The highest BCUT2D eigenvalue weighted by Crippen LogP contribution is 2.22. The molecule has 1 fully saturated rings. The van der Waals surface area contributed by atoms with E-state index in [0.29, 0.717) is 32.8 Å². The van der Waals surface area contributed by atoms with Gasteiger partial charge in [-0.3, -0.25) is 9.69 Å². The Morgan fingerprint density at radius 3 is 2.48 bits per heavy atom. The first-order valence-corrected chi connectivity index (χ1v) is 11.8. The molecule has 0 spiro atoms. The van der Waals surface area contributed by atoms with Crippen molar-refractivity contribution in [1.82, 2.24) is 14.9 Å². The molecule has 10 heteroatoms. The molecule has 1 saturated heterocycles. The van der Waals surface area contributed by atoms with Crippen molar-refractivity contribution in [2.75, 3.05) is 39.4 Å². The van der Waals surface area contributed by atoms with Gasteiger partial charge in [0.25, 0.3) is 0 Å². The van der Waals surface area contributed by atoms with E-state index in [1.807, 2.05) is 0 Å². The number of morpholine rings is 1. The summed E-state index contributed by atoms with van der Waals surface area (Å²) in [6.07, 6.45) is -0.0249. The molecule has 1 aliphatic rings. The normalized spacial score (nSPS) is 16.1. The Labute approximate surface area is 186 Å². The quantitative estimate of drug-likeness (QED) is 0.588. The first-order valence-electron chi connectivity index (χ1n) is 9.95. The minimum atomic E-state index is -3.80. The van der Waals surface area contributed by atoms with Crippen molar-refractivity contribution in [1.29, 1.82) is 0 Å². The van der Waals surface area contributed by atoms with Gasteiger partial charge in [0.1, 0.15) is 10.7 Å². The van der Waals surface area contributed by atoms with Gasteiger partial charge >= 0.3 is 0 Å². The van der Waals surface area contributed by atoms with E-state index in [0.717, 1.165) is 5.56 Å². The van der Waals surface area contributed by atoms with Crippen LogP contribution in [-0.2, 0) is 19.6 Å². The largest absolute Gasteiger partial charge is 0.379 e. The van der Waals surface area contributed by atoms with Gasteiger partial charge in [-0.1, -0.05) is 35.9 Å². The maximum atomic E-state index is 13.3. The van der Waals surface area contributed by atoms with Crippen LogP contribution in [0.1, 0.15) is 18.0 Å². The predicted molar refractivity (Wildman–Crippen MR) is 116 cm³/mol. The number of nitrogens with zero attached hydrogens (tertiary/aromatic N) is 1. The topological polar surface area (TPSA) is 87.7 Å². The summed E-state index contributed by atoms with van der Waals surface area (Å²) in [6.45, 7) is 2.86. The Hall–Kier alpha value is -2.04. The molecule has 1 amide bonds. The van der Waals surface area contributed by atoms with E-state index in [-0.39, 0.29) is 40.6 Å². The summed E-state index contributed by atoms with van der Waals surface area (Å²) in [7, 11) is -3.80. The van der Waals surface area contributed by atoms with E-state index >= 15 is 0 Å². The molecule has 1 atom stereocenters. The first kappa shape index (κ1) is 23.6. The van der Waals surface area contributed by atoms with Crippen molar-refractivity contribution in [2.24, 2.45) is 0 Å². The Morgan fingerprint density at radius 2 is 1.81 bits per heavy atom. The number of benzene rings is 2. The minimum Gasteiger partial charge on any atom is -0.379 e. The number of hydrogen-bond donors (Lipinski definition) is 2. The van der Waals surface area contributed by atoms with Gasteiger partial charge < -0.3 is 10.1 Å². The van der Waals surface area contributed by atoms with Crippen LogP contribution in [0.25, 0.3) is 0 Å². The van der Waals surface area contributed by atoms with Crippen LogP contribution in [0.3, 0.4) is 0 Å². The Kier molecular flexibility index (Phi) is 8.39. The van der Waals surface area contributed by atoms with Crippen LogP contribution in [0.4, 0.5) is 4.39 Å². The monoisotopic (exact) mass is 469 g/mol. The first-order chi connectivity index (χ1) is 14.9. The van der Waals surface area contributed by atoms with Crippen LogP contribution in [0.2, 0.25) is 5.02 Å². The lowest BCUT2D eigenvalue weighted by molar-refractivity contribution is -0.121. The molecule has 1 aliphatic heterocycles. The van der Waals surface area contributed by atoms with Crippen molar-refractivity contribution >= 4 is 27.5 Å². The SMILES string of the molecule is O=C(CCNS(=O)(=O)c1ccccc1Cl)NCC(c1ccc(F)cc1)N1CCOCC1. The van der Waals surface area contributed by atoms with Crippen LogP contribution in [0.15, 0.2) is 53.4 Å². The van der Waals surface area contributed by atoms with Gasteiger partial charge in [0, 0.05) is 32.6 Å². The molecule has 3 rings (SSSR count). The zero-order chi connectivity index (χ0) is 22.3. The summed E-state index contributed by atoms with van der Waals surface area (Å²) in [5.41, 5.74) is 0.892. The minimum absolute atomic E-state index is 0.0249. The molecule has 31 heavy (non-hydrogen) atoms. The van der Waals surface area contributed by atoms with Crippen LogP contribution in [0, 0.1) is 5.82 Å². The Bertz CT molecular complexity index is 982. The van der Waals surface area contributed by atoms with Crippen LogP contribution < -0.4 is 10.0 Å². The van der Waals surface area contributed by atoms with Gasteiger partial charge in [-0.05, 0) is 29.8 Å². The summed E-state index contributed by atoms with van der Waals surface area (Å²) < 4.78 is 45.8. The number of ether oxygens (including phenoxy) is 1. The molecule has 0 radical (unpaired) electrons. The molecule has 0 saturated carbocycles. The van der Waals surface area contributed by atoms with E-state index in [1.165, 1.54) is 24.3 Å². The maximum absolute atomic E-state index is 13.3. The summed E-state index contributed by atoms with van der Waals surface area (Å²) in [5.74, 6) is -0.610. The number of carbonyl (C=O) groups excluding carboxylic acids is 1. The molecule has 168 valence electrons. The zero-order valence-corrected chi connectivity index (χ0v) is 18.5. The fraction of sp³-hybridized carbons (Fsp3) is 0.381. The van der Waals surface area contributed by atoms with Crippen molar-refractivity contribution in [3.05, 3.63) is 64.9 Å². The molecule has 2 aromatic rings. The molecule has 0 aliphatic carbocycles. The molecule has 2 N–H and O–H groups in total. The maximum Gasteiger partial charge on any atom is 0.242 e. The molecule has 1 heterocycles. The fourth-order valence-corrected chi connectivity index (χ4v) is 4.92. The highest BCUT2D eigenvalue weighted by molar-refractivity contribution is 7.89. The highest BCUT2D eigenvalue weighted by atomic mass is 35.5. The van der Waals surface area contributed by atoms with E-state index in [2.05, 4.69) is 14.9 Å². The molecular formula is C21H25ClFN3O4S. The second-order valence-corrected chi connectivity index (χ2v) is 9.24. The average molecular weight is 470 g/mol. The predicted octanol–water partition coefficient (Wildman–Crippen LogP) is 2.34. The molecule has 7 nitrogen and oxygen atoms in total. The molecule has 0 bridgehead atoms. The lowest BCUT2D eigenvalue weighted by Crippen LogP contribution is -2.44. The molecule has 2 aromatic carbocycles. The number of amides is 1. The van der Waals surface area contributed by atoms with Gasteiger partial charge in [-0.2, -0.15) is 0 Å². The van der Waals surface area contributed by atoms with Gasteiger partial charge in [0.15, 0.2) is 0 Å². The standard InChI is InChI=1S/C21H25ClFN3O4S/c22-18-3-1-2-4-20(18)31(28,29)25-10-9-21(27)24-15-19(26-11-13-30-14-12-26)16-5-7-17(23)8-6-16/h1-8,19,25H,9-15H2,(H,24,27). The van der Waals surface area contributed by atoms with Crippen LogP contribution in [-0.4, -0.2) is 58.6 Å². The number of nitrogens with one attached hydrogen (secondary N) is 2. The van der Waals surface area contributed by atoms with Gasteiger partial charge in [-0.15, -0.1) is 0 Å². The second kappa shape index (κ2) is 11.0. The number of hydrogen-bond acceptors (Lipinski definition) is 5. The second-order valence-electron chi connectivity index (χ2n) is 7.10. The smallest absolute Gasteiger partial charge is 0.242 e. The van der Waals surface area contributed by atoms with Crippen molar-refractivity contribution in [3.63, 3.8) is 0 Å². The summed E-state index contributed by atoms with van der Waals surface area (Å²) in [4.78, 5) is 14.5. The number of rotatable bonds is 9. The van der Waals surface area contributed by atoms with E-state index in [4.69, 9.17) is 16.3 Å². The van der Waals surface area contributed by atoms with E-state index in [1.54, 1.807) is 24.3 Å². The third kappa shape index (κ3) is 6.72. The summed E-state index contributed by atoms with van der Waals surface area (Å²) >= 11 is 5.94. The van der Waals surface area contributed by atoms with Gasteiger partial charge in [0.05, 0.1) is 24.3 Å². The van der Waals surface area contributed by atoms with Crippen molar-refractivity contribution in [2.45, 2.75) is 17.4 Å². The Balaban J connectivity index is 1.54. The Morgan fingerprint density at radius 1 is 1.13 bits per heavy atom. The third-order valence-corrected chi connectivity index (χ3v) is 6.96. The number of carbonyl (C=O) groups is 1. The number of halogens is 2. The van der Waals surface area contributed by atoms with Crippen LogP contribution in [0.5, 0.6) is 0 Å². The lowest BCUT2D eigenvalue weighted by atomic mass is 10.0. The van der Waals surface area contributed by atoms with E-state index < -0.39 is 10.0 Å². The molecule has 1 unspecified atom stereocenters. The van der Waals surface area contributed by atoms with Crippen molar-refractivity contribution < 1.29 is 22.3 Å². The van der Waals surface area contributed by atoms with Crippen molar-refractivity contribution in [3.8, 4) is 0 Å². The third-order valence-electron chi connectivity index (χ3n) is 5.00. The lowest BCUT2D eigenvalue weighted by Gasteiger charge is -2.35. The van der Waals surface area contributed by atoms with Gasteiger partial charge in [-0.25, -0.2) is 17.5 Å². The molecule has 0 aromatic heterocycles.